The van der Waals surface area contributed by atoms with Gasteiger partial charge in [-0.3, -0.25) is 9.59 Å². The van der Waals surface area contributed by atoms with Crippen molar-refractivity contribution in [1.29, 1.82) is 0 Å². The summed E-state index contributed by atoms with van der Waals surface area (Å²) in [7, 11) is 1.55. The maximum atomic E-state index is 11.4. The van der Waals surface area contributed by atoms with Crippen molar-refractivity contribution in [1.82, 2.24) is 10.6 Å². The zero-order chi connectivity index (χ0) is 15.1. The fourth-order valence-corrected chi connectivity index (χ4v) is 2.36. The van der Waals surface area contributed by atoms with Crippen LogP contribution in [0, 0.1) is 0 Å². The highest BCUT2D eigenvalue weighted by Gasteiger charge is 2.18. The molecule has 1 atom stereocenters. The van der Waals surface area contributed by atoms with Gasteiger partial charge in [0.05, 0.1) is 0 Å². The molecule has 6 nitrogen and oxygen atoms in total. The van der Waals surface area contributed by atoms with Crippen LogP contribution in [0.15, 0.2) is 29.2 Å². The minimum atomic E-state index is -1.07. The standard InChI is InChI=1S/C13H16N2O4S/c1-8(16)15-11(13(18)19)7-20-10-5-3-9(4-6-10)12(17)14-2/h3-6,11H,7H2,1-2H3,(H,14,17)(H,15,16)(H,18,19). The van der Waals surface area contributed by atoms with Gasteiger partial charge >= 0.3 is 5.97 Å². The molecule has 0 saturated carbocycles. The molecular weight excluding hydrogens is 280 g/mol. The highest BCUT2D eigenvalue weighted by atomic mass is 32.2. The molecule has 0 aliphatic carbocycles. The van der Waals surface area contributed by atoms with Crippen LogP contribution in [0.3, 0.4) is 0 Å². The van der Waals surface area contributed by atoms with Crippen LogP contribution in [0.1, 0.15) is 17.3 Å². The molecule has 0 heterocycles. The lowest BCUT2D eigenvalue weighted by Crippen LogP contribution is -2.41. The lowest BCUT2D eigenvalue weighted by atomic mass is 10.2. The first-order valence-corrected chi connectivity index (χ1v) is 6.87. The Morgan fingerprint density at radius 3 is 2.30 bits per heavy atom. The Morgan fingerprint density at radius 2 is 1.85 bits per heavy atom. The summed E-state index contributed by atoms with van der Waals surface area (Å²) in [5.41, 5.74) is 0.536. The number of rotatable bonds is 6. The molecule has 0 radical (unpaired) electrons. The number of amides is 2. The maximum absolute atomic E-state index is 11.4. The van der Waals surface area contributed by atoms with Crippen LogP contribution in [0.2, 0.25) is 0 Å². The van der Waals surface area contributed by atoms with Crippen LogP contribution in [0.25, 0.3) is 0 Å². The first-order valence-electron chi connectivity index (χ1n) is 5.89. The van der Waals surface area contributed by atoms with Gasteiger partial charge in [0.1, 0.15) is 6.04 Å². The van der Waals surface area contributed by atoms with E-state index in [1.165, 1.54) is 18.7 Å². The molecule has 108 valence electrons. The number of aliphatic carboxylic acids is 1. The summed E-state index contributed by atoms with van der Waals surface area (Å²) in [6.07, 6.45) is 0. The SMILES string of the molecule is CNC(=O)c1ccc(SCC(NC(C)=O)C(=O)O)cc1. The largest absolute Gasteiger partial charge is 0.480 e. The van der Waals surface area contributed by atoms with Gasteiger partial charge in [-0.15, -0.1) is 11.8 Å². The van der Waals surface area contributed by atoms with Gasteiger partial charge < -0.3 is 15.7 Å². The van der Waals surface area contributed by atoms with Gasteiger partial charge in [-0.05, 0) is 24.3 Å². The third-order valence-electron chi connectivity index (χ3n) is 2.44. The molecule has 2 amide bonds. The highest BCUT2D eigenvalue weighted by molar-refractivity contribution is 7.99. The molecule has 1 aromatic carbocycles. The van der Waals surface area contributed by atoms with Gasteiger partial charge in [0, 0.05) is 30.2 Å². The number of hydrogen-bond acceptors (Lipinski definition) is 4. The first-order chi connectivity index (χ1) is 9.43. The molecule has 1 rings (SSSR count). The van der Waals surface area contributed by atoms with Gasteiger partial charge in [-0.1, -0.05) is 0 Å². The van der Waals surface area contributed by atoms with Crippen LogP contribution in [-0.4, -0.2) is 41.7 Å². The minimum absolute atomic E-state index is 0.178. The van der Waals surface area contributed by atoms with Gasteiger partial charge in [0.25, 0.3) is 5.91 Å². The van der Waals surface area contributed by atoms with Crippen molar-refractivity contribution < 1.29 is 19.5 Å². The van der Waals surface area contributed by atoms with E-state index in [0.29, 0.717) is 5.56 Å². The van der Waals surface area contributed by atoms with E-state index in [1.807, 2.05) is 0 Å². The van der Waals surface area contributed by atoms with E-state index in [1.54, 1.807) is 31.3 Å². The zero-order valence-corrected chi connectivity index (χ0v) is 12.0. The topological polar surface area (TPSA) is 95.5 Å². The molecule has 1 unspecified atom stereocenters. The molecule has 1 aromatic rings. The molecule has 0 aromatic heterocycles. The van der Waals surface area contributed by atoms with Crippen LogP contribution in [0.4, 0.5) is 0 Å². The van der Waals surface area contributed by atoms with E-state index >= 15 is 0 Å². The summed E-state index contributed by atoms with van der Waals surface area (Å²) in [5.74, 6) is -1.42. The molecule has 3 N–H and O–H groups in total. The van der Waals surface area contributed by atoms with E-state index < -0.39 is 12.0 Å². The summed E-state index contributed by atoms with van der Waals surface area (Å²) < 4.78 is 0. The Labute approximate surface area is 120 Å². The molecule has 7 heteroatoms. The van der Waals surface area contributed by atoms with E-state index in [9.17, 15) is 14.4 Å². The van der Waals surface area contributed by atoms with E-state index in [0.717, 1.165) is 4.90 Å². The number of carboxylic acid groups (broad SMARTS) is 1. The molecule has 0 aliphatic rings. The monoisotopic (exact) mass is 296 g/mol. The Bertz CT molecular complexity index is 502. The van der Waals surface area contributed by atoms with Crippen molar-refractivity contribution in [2.45, 2.75) is 17.9 Å². The number of nitrogens with one attached hydrogen (secondary N) is 2. The average molecular weight is 296 g/mol. The Kier molecular flexibility index (Phi) is 6.05. The Morgan fingerprint density at radius 1 is 1.25 bits per heavy atom. The van der Waals surface area contributed by atoms with Crippen molar-refractivity contribution in [3.63, 3.8) is 0 Å². The maximum Gasteiger partial charge on any atom is 0.327 e. The predicted octanol–water partition coefficient (Wildman–Crippen LogP) is 0.728. The van der Waals surface area contributed by atoms with Gasteiger partial charge in [-0.2, -0.15) is 0 Å². The fraction of sp³-hybridized carbons (Fsp3) is 0.308. The van der Waals surface area contributed by atoms with Crippen molar-refractivity contribution in [3.8, 4) is 0 Å². The van der Waals surface area contributed by atoms with Crippen LogP contribution in [0.5, 0.6) is 0 Å². The lowest BCUT2D eigenvalue weighted by Gasteiger charge is -2.12. The number of benzene rings is 1. The number of thioether (sulfide) groups is 1. The molecule has 0 bridgehead atoms. The van der Waals surface area contributed by atoms with E-state index in [2.05, 4.69) is 10.6 Å². The van der Waals surface area contributed by atoms with Crippen LogP contribution >= 0.6 is 11.8 Å². The Balaban J connectivity index is 2.62. The minimum Gasteiger partial charge on any atom is -0.480 e. The second kappa shape index (κ2) is 7.54. The van der Waals surface area contributed by atoms with E-state index in [-0.39, 0.29) is 17.6 Å². The van der Waals surface area contributed by atoms with Crippen molar-refractivity contribution in [2.75, 3.05) is 12.8 Å². The van der Waals surface area contributed by atoms with Crippen LogP contribution in [-0.2, 0) is 9.59 Å². The fourth-order valence-electron chi connectivity index (χ4n) is 1.45. The van der Waals surface area contributed by atoms with Gasteiger partial charge in [-0.25, -0.2) is 4.79 Å². The smallest absolute Gasteiger partial charge is 0.327 e. The predicted molar refractivity (Wildman–Crippen MR) is 75.8 cm³/mol. The summed E-state index contributed by atoms with van der Waals surface area (Å²) >= 11 is 1.30. The number of carbonyl (C=O) groups excluding carboxylic acids is 2. The summed E-state index contributed by atoms with van der Waals surface area (Å²) in [6, 6.07) is 5.87. The van der Waals surface area contributed by atoms with Crippen molar-refractivity contribution in [2.24, 2.45) is 0 Å². The third kappa shape index (κ3) is 4.93. The second-order valence-electron chi connectivity index (χ2n) is 4.01. The number of carboxylic acids is 1. The van der Waals surface area contributed by atoms with Crippen molar-refractivity contribution >= 4 is 29.5 Å². The summed E-state index contributed by atoms with van der Waals surface area (Å²) in [6.45, 7) is 1.28. The summed E-state index contributed by atoms with van der Waals surface area (Å²) in [5, 5.41) is 13.8. The normalized spacial score (nSPS) is 11.5. The third-order valence-corrected chi connectivity index (χ3v) is 3.54. The quantitative estimate of drug-likeness (QED) is 0.673. The molecule has 20 heavy (non-hydrogen) atoms. The average Bonchev–Trinajstić information content (AvgIpc) is 2.42. The van der Waals surface area contributed by atoms with E-state index in [4.69, 9.17) is 5.11 Å². The number of carbonyl (C=O) groups is 3. The first kappa shape index (κ1) is 16.0. The molecular formula is C13H16N2O4S. The molecule has 0 fully saturated rings. The second-order valence-corrected chi connectivity index (χ2v) is 5.10. The Hall–Kier alpha value is -2.02. The van der Waals surface area contributed by atoms with Crippen molar-refractivity contribution in [3.05, 3.63) is 29.8 Å². The zero-order valence-electron chi connectivity index (χ0n) is 11.2. The molecule has 0 aliphatic heterocycles. The molecule has 0 spiro atoms. The molecule has 0 saturated heterocycles. The van der Waals surface area contributed by atoms with Gasteiger partial charge in [0.15, 0.2) is 0 Å². The summed E-state index contributed by atoms with van der Waals surface area (Å²) in [4.78, 5) is 34.0. The highest BCUT2D eigenvalue weighted by Crippen LogP contribution is 2.19. The number of hydrogen-bond donors (Lipinski definition) is 3. The van der Waals surface area contributed by atoms with Crippen LogP contribution < -0.4 is 10.6 Å². The van der Waals surface area contributed by atoms with Gasteiger partial charge in [0.2, 0.25) is 5.91 Å². The lowest BCUT2D eigenvalue weighted by molar-refractivity contribution is -0.140.